The Hall–Kier alpha value is -1.95. The first-order chi connectivity index (χ1) is 9.36. The van der Waals surface area contributed by atoms with E-state index in [1.165, 1.54) is 4.88 Å². The summed E-state index contributed by atoms with van der Waals surface area (Å²) in [5.41, 5.74) is 1.97. The van der Waals surface area contributed by atoms with E-state index in [2.05, 4.69) is 27.2 Å². The van der Waals surface area contributed by atoms with Crippen molar-refractivity contribution in [2.24, 2.45) is 0 Å². The molecule has 0 unspecified atom stereocenters. The topological polar surface area (TPSA) is 55.1 Å². The first-order valence-electron chi connectivity index (χ1n) is 6.31. The van der Waals surface area contributed by atoms with Gasteiger partial charge in [0.2, 0.25) is 0 Å². The van der Waals surface area contributed by atoms with E-state index in [-0.39, 0.29) is 0 Å². The highest BCUT2D eigenvalue weighted by Gasteiger charge is 2.04. The van der Waals surface area contributed by atoms with Gasteiger partial charge in [-0.25, -0.2) is 9.97 Å². The van der Waals surface area contributed by atoms with Crippen LogP contribution in [0, 0.1) is 0 Å². The van der Waals surface area contributed by atoms with Gasteiger partial charge in [0.05, 0.1) is 24.6 Å². The number of imidazole rings is 1. The molecule has 0 amide bonds. The van der Waals surface area contributed by atoms with Gasteiger partial charge in [-0.15, -0.1) is 11.3 Å². The fourth-order valence-corrected chi connectivity index (χ4v) is 2.85. The van der Waals surface area contributed by atoms with Crippen molar-refractivity contribution in [3.8, 4) is 0 Å². The lowest BCUT2D eigenvalue weighted by molar-refractivity contribution is 0.936. The van der Waals surface area contributed by atoms with Gasteiger partial charge in [0.1, 0.15) is 0 Å². The molecular formula is C13H15N5S. The third kappa shape index (κ3) is 2.58. The Morgan fingerprint density at radius 2 is 2.21 bits per heavy atom. The van der Waals surface area contributed by atoms with E-state index in [1.807, 2.05) is 23.0 Å². The van der Waals surface area contributed by atoms with E-state index in [1.54, 1.807) is 23.7 Å². The van der Waals surface area contributed by atoms with Crippen LogP contribution in [0.25, 0.3) is 5.65 Å². The molecule has 3 aromatic heterocycles. The SMILES string of the molecule is CCCc1cnc(NCc2cnc3cnccn23)s1. The number of hydrogen-bond acceptors (Lipinski definition) is 5. The number of nitrogens with one attached hydrogen (secondary N) is 1. The molecule has 1 N–H and O–H groups in total. The number of aryl methyl sites for hydroxylation is 1. The van der Waals surface area contributed by atoms with E-state index >= 15 is 0 Å². The van der Waals surface area contributed by atoms with Crippen molar-refractivity contribution in [2.75, 3.05) is 5.32 Å². The van der Waals surface area contributed by atoms with Crippen LogP contribution in [0.1, 0.15) is 23.9 Å². The standard InChI is InChI=1S/C13H15N5S/c1-2-3-11-8-17-13(19-11)16-7-10-6-15-12-9-14-4-5-18(10)12/h4-6,8-9H,2-3,7H2,1H3,(H,16,17). The van der Waals surface area contributed by atoms with Crippen LogP contribution in [-0.2, 0) is 13.0 Å². The van der Waals surface area contributed by atoms with Crippen LogP contribution in [0.15, 0.2) is 31.0 Å². The highest BCUT2D eigenvalue weighted by atomic mass is 32.1. The normalized spacial score (nSPS) is 11.0. The van der Waals surface area contributed by atoms with Gasteiger partial charge in [-0.2, -0.15) is 0 Å². The maximum Gasteiger partial charge on any atom is 0.183 e. The first-order valence-corrected chi connectivity index (χ1v) is 7.13. The van der Waals surface area contributed by atoms with Crippen molar-refractivity contribution in [3.05, 3.63) is 41.6 Å². The summed E-state index contributed by atoms with van der Waals surface area (Å²) in [7, 11) is 0. The Morgan fingerprint density at radius 1 is 1.26 bits per heavy atom. The van der Waals surface area contributed by atoms with Crippen LogP contribution in [0.5, 0.6) is 0 Å². The van der Waals surface area contributed by atoms with Crippen LogP contribution in [0.2, 0.25) is 0 Å². The first kappa shape index (κ1) is 12.1. The predicted molar refractivity (Wildman–Crippen MR) is 76.4 cm³/mol. The lowest BCUT2D eigenvalue weighted by Crippen LogP contribution is -2.02. The molecule has 19 heavy (non-hydrogen) atoms. The maximum absolute atomic E-state index is 4.38. The van der Waals surface area contributed by atoms with Gasteiger partial charge in [-0.3, -0.25) is 9.38 Å². The zero-order valence-corrected chi connectivity index (χ0v) is 11.5. The Labute approximate surface area is 115 Å². The van der Waals surface area contributed by atoms with Gasteiger partial charge in [0.25, 0.3) is 0 Å². The minimum atomic E-state index is 0.713. The van der Waals surface area contributed by atoms with Crippen LogP contribution in [-0.4, -0.2) is 19.4 Å². The van der Waals surface area contributed by atoms with Crippen LogP contribution < -0.4 is 5.32 Å². The quantitative estimate of drug-likeness (QED) is 0.776. The number of hydrogen-bond donors (Lipinski definition) is 1. The van der Waals surface area contributed by atoms with Crippen molar-refractivity contribution in [1.29, 1.82) is 0 Å². The van der Waals surface area contributed by atoms with Gasteiger partial charge >= 0.3 is 0 Å². The Balaban J connectivity index is 1.71. The average Bonchev–Trinajstić information content (AvgIpc) is 3.04. The minimum absolute atomic E-state index is 0.713. The van der Waals surface area contributed by atoms with Crippen molar-refractivity contribution in [2.45, 2.75) is 26.3 Å². The lowest BCUT2D eigenvalue weighted by atomic mass is 10.3. The molecule has 3 heterocycles. The average molecular weight is 273 g/mol. The van der Waals surface area contributed by atoms with E-state index < -0.39 is 0 Å². The Bertz CT molecular complexity index is 672. The molecule has 0 aliphatic rings. The minimum Gasteiger partial charge on any atom is -0.356 e. The molecule has 0 atom stereocenters. The molecule has 0 saturated carbocycles. The monoisotopic (exact) mass is 273 g/mol. The van der Waals surface area contributed by atoms with Gasteiger partial charge in [0, 0.05) is 23.5 Å². The molecular weight excluding hydrogens is 258 g/mol. The molecule has 0 bridgehead atoms. The molecule has 0 aliphatic carbocycles. The molecule has 0 saturated heterocycles. The molecule has 5 nitrogen and oxygen atoms in total. The number of anilines is 1. The van der Waals surface area contributed by atoms with E-state index in [4.69, 9.17) is 0 Å². The smallest absolute Gasteiger partial charge is 0.183 e. The fraction of sp³-hybridized carbons (Fsp3) is 0.308. The molecule has 0 aromatic carbocycles. The molecule has 3 rings (SSSR count). The zero-order valence-electron chi connectivity index (χ0n) is 10.7. The van der Waals surface area contributed by atoms with Crippen molar-refractivity contribution in [3.63, 3.8) is 0 Å². The summed E-state index contributed by atoms with van der Waals surface area (Å²) in [5, 5.41) is 4.31. The van der Waals surface area contributed by atoms with E-state index in [0.29, 0.717) is 6.54 Å². The third-order valence-corrected chi connectivity index (χ3v) is 3.88. The maximum atomic E-state index is 4.38. The summed E-state index contributed by atoms with van der Waals surface area (Å²) < 4.78 is 2.03. The highest BCUT2D eigenvalue weighted by Crippen LogP contribution is 2.20. The summed E-state index contributed by atoms with van der Waals surface area (Å²) >= 11 is 1.72. The second-order valence-corrected chi connectivity index (χ2v) is 5.40. The predicted octanol–water partition coefficient (Wildman–Crippen LogP) is 2.75. The molecule has 0 spiro atoms. The number of nitrogens with zero attached hydrogens (tertiary/aromatic N) is 4. The summed E-state index contributed by atoms with van der Waals surface area (Å²) in [6, 6.07) is 0. The van der Waals surface area contributed by atoms with Gasteiger partial charge in [0.15, 0.2) is 10.8 Å². The van der Waals surface area contributed by atoms with E-state index in [0.717, 1.165) is 29.3 Å². The second-order valence-electron chi connectivity index (χ2n) is 4.29. The summed E-state index contributed by atoms with van der Waals surface area (Å²) in [6.45, 7) is 2.89. The zero-order chi connectivity index (χ0) is 13.1. The van der Waals surface area contributed by atoms with Crippen molar-refractivity contribution in [1.82, 2.24) is 19.4 Å². The van der Waals surface area contributed by atoms with Gasteiger partial charge < -0.3 is 5.32 Å². The molecule has 6 heteroatoms. The van der Waals surface area contributed by atoms with Crippen LogP contribution in [0.3, 0.4) is 0 Å². The number of aromatic nitrogens is 4. The number of fused-ring (bicyclic) bond motifs is 1. The summed E-state index contributed by atoms with van der Waals surface area (Å²) in [5.74, 6) is 0. The van der Waals surface area contributed by atoms with Crippen molar-refractivity contribution >= 4 is 22.1 Å². The summed E-state index contributed by atoms with van der Waals surface area (Å²) in [4.78, 5) is 14.1. The van der Waals surface area contributed by atoms with Crippen molar-refractivity contribution < 1.29 is 0 Å². The Kier molecular flexibility index (Phi) is 3.41. The van der Waals surface area contributed by atoms with Crippen LogP contribution >= 0.6 is 11.3 Å². The van der Waals surface area contributed by atoms with E-state index in [9.17, 15) is 0 Å². The summed E-state index contributed by atoms with van der Waals surface area (Å²) in [6.07, 6.45) is 11.5. The fourth-order valence-electron chi connectivity index (χ4n) is 1.94. The van der Waals surface area contributed by atoms with Crippen LogP contribution in [0.4, 0.5) is 5.13 Å². The molecule has 98 valence electrons. The largest absolute Gasteiger partial charge is 0.356 e. The Morgan fingerprint density at radius 3 is 3.11 bits per heavy atom. The van der Waals surface area contributed by atoms with Gasteiger partial charge in [-0.05, 0) is 6.42 Å². The molecule has 3 aromatic rings. The number of rotatable bonds is 5. The van der Waals surface area contributed by atoms with Gasteiger partial charge in [-0.1, -0.05) is 13.3 Å². The highest BCUT2D eigenvalue weighted by molar-refractivity contribution is 7.15. The molecule has 0 fully saturated rings. The third-order valence-electron chi connectivity index (χ3n) is 2.86. The second kappa shape index (κ2) is 5.36. The molecule has 0 radical (unpaired) electrons. The molecule has 0 aliphatic heterocycles. The number of thiazole rings is 1. The lowest BCUT2D eigenvalue weighted by Gasteiger charge is -2.02.